The molecule has 1 aromatic heterocycles. The number of fused-ring (bicyclic) bond motifs is 9. The minimum Gasteiger partial charge on any atom is -0.497 e. The van der Waals surface area contributed by atoms with Gasteiger partial charge >= 0.3 is 16.3 Å². The summed E-state index contributed by atoms with van der Waals surface area (Å²) < 4.78 is 36.2. The molecule has 3 amide bonds. The van der Waals surface area contributed by atoms with E-state index in [0.717, 1.165) is 76.3 Å². The molecule has 2 bridgehead atoms. The van der Waals surface area contributed by atoms with Gasteiger partial charge in [0.05, 0.1) is 30.3 Å². The molecule has 49 heavy (non-hydrogen) atoms. The lowest BCUT2D eigenvalue weighted by molar-refractivity contribution is -0.140. The van der Waals surface area contributed by atoms with Crippen LogP contribution in [0.4, 0.5) is 4.79 Å². The molecule has 0 radical (unpaired) electrons. The molecule has 260 valence electrons. The second-order valence-corrected chi connectivity index (χ2v) is 16.7. The SMILES string of the molecule is COc1ccc2c(c1)C1CC1(C(=O)N1CC3CCC(C1)N3C(=O)O)Cn1c-2c(C2CCCCC2)c2ccc(C(=O)NS(=O)(=O)N(C)C)cc21. The highest BCUT2D eigenvalue weighted by atomic mass is 32.2. The fraction of sp³-hybridized carbons (Fsp3) is 0.528. The molecule has 13 heteroatoms. The summed E-state index contributed by atoms with van der Waals surface area (Å²) in [6.45, 7) is 1.18. The maximum Gasteiger partial charge on any atom is 0.407 e. The Kier molecular flexibility index (Phi) is 7.52. The van der Waals surface area contributed by atoms with E-state index in [-0.39, 0.29) is 29.5 Å². The number of methoxy groups -OCH3 is 1. The number of carbonyl (C=O) groups excluding carboxylic acids is 2. The molecule has 2 N–H and O–H groups in total. The summed E-state index contributed by atoms with van der Waals surface area (Å²) in [4.78, 5) is 43.7. The minimum absolute atomic E-state index is 0.0492. The van der Waals surface area contributed by atoms with Crippen LogP contribution in [0.1, 0.15) is 84.7 Å². The fourth-order valence-electron chi connectivity index (χ4n) is 9.39. The predicted molar refractivity (Wildman–Crippen MR) is 183 cm³/mol. The third-order valence-electron chi connectivity index (χ3n) is 11.9. The number of nitrogens with zero attached hydrogens (tertiary/aromatic N) is 4. The minimum atomic E-state index is -4.00. The lowest BCUT2D eigenvalue weighted by Crippen LogP contribution is -2.58. The third-order valence-corrected chi connectivity index (χ3v) is 13.3. The maximum atomic E-state index is 14.9. The Morgan fingerprint density at radius 2 is 1.69 bits per heavy atom. The van der Waals surface area contributed by atoms with Gasteiger partial charge in [0, 0.05) is 61.7 Å². The van der Waals surface area contributed by atoms with Crippen molar-refractivity contribution in [3.05, 3.63) is 53.1 Å². The number of aromatic nitrogens is 1. The van der Waals surface area contributed by atoms with Crippen LogP contribution in [-0.2, 0) is 21.5 Å². The summed E-state index contributed by atoms with van der Waals surface area (Å²) in [5.41, 5.74) is 4.71. The average Bonchev–Trinajstić information content (AvgIpc) is 3.67. The average molecular weight is 690 g/mol. The van der Waals surface area contributed by atoms with E-state index in [0.29, 0.717) is 32.0 Å². The summed E-state index contributed by atoms with van der Waals surface area (Å²) >= 11 is 0. The van der Waals surface area contributed by atoms with E-state index in [9.17, 15) is 27.9 Å². The van der Waals surface area contributed by atoms with Gasteiger partial charge in [-0.15, -0.1) is 0 Å². The van der Waals surface area contributed by atoms with Crippen molar-refractivity contribution in [2.75, 3.05) is 34.3 Å². The maximum absolute atomic E-state index is 14.9. The lowest BCUT2D eigenvalue weighted by Gasteiger charge is -2.41. The molecule has 2 saturated heterocycles. The van der Waals surface area contributed by atoms with Crippen LogP contribution < -0.4 is 9.46 Å². The molecule has 4 unspecified atom stereocenters. The first kappa shape index (κ1) is 32.1. The first-order valence-corrected chi connectivity index (χ1v) is 18.8. The molecule has 3 aromatic rings. The van der Waals surface area contributed by atoms with E-state index < -0.39 is 27.6 Å². The number of hydrogen-bond acceptors (Lipinski definition) is 6. The summed E-state index contributed by atoms with van der Waals surface area (Å²) in [6.07, 6.45) is 6.78. The van der Waals surface area contributed by atoms with Crippen molar-refractivity contribution in [3.8, 4) is 17.0 Å². The zero-order valence-electron chi connectivity index (χ0n) is 28.1. The normalized spacial score (nSPS) is 26.2. The molecule has 4 atom stereocenters. The van der Waals surface area contributed by atoms with Crippen LogP contribution in [0.2, 0.25) is 0 Å². The molecular formula is C36H43N5O7S. The van der Waals surface area contributed by atoms with Crippen molar-refractivity contribution < 1.29 is 32.6 Å². The molecule has 8 rings (SSSR count). The van der Waals surface area contributed by atoms with Crippen molar-refractivity contribution in [3.63, 3.8) is 0 Å². The third kappa shape index (κ3) is 5.02. The summed E-state index contributed by atoms with van der Waals surface area (Å²) in [5, 5.41) is 10.9. The van der Waals surface area contributed by atoms with Gasteiger partial charge in [0.15, 0.2) is 0 Å². The van der Waals surface area contributed by atoms with E-state index in [4.69, 9.17) is 4.74 Å². The molecule has 12 nitrogen and oxygen atoms in total. The Hall–Kier alpha value is -4.10. The Bertz CT molecular complexity index is 1990. The number of nitrogens with one attached hydrogen (secondary N) is 1. The van der Waals surface area contributed by atoms with Gasteiger partial charge in [-0.25, -0.2) is 9.52 Å². The summed E-state index contributed by atoms with van der Waals surface area (Å²) in [6, 6.07) is 11.2. The first-order chi connectivity index (χ1) is 23.4. The van der Waals surface area contributed by atoms with E-state index in [1.807, 2.05) is 17.0 Å². The largest absolute Gasteiger partial charge is 0.497 e. The molecule has 5 aliphatic rings. The number of carboxylic acid groups (broad SMARTS) is 1. The Balaban J connectivity index is 1.29. The number of carbonyl (C=O) groups is 3. The quantitative estimate of drug-likeness (QED) is 0.381. The van der Waals surface area contributed by atoms with Crippen LogP contribution in [0.3, 0.4) is 0 Å². The van der Waals surface area contributed by atoms with Crippen LogP contribution >= 0.6 is 0 Å². The van der Waals surface area contributed by atoms with Gasteiger partial charge in [-0.2, -0.15) is 12.7 Å². The monoisotopic (exact) mass is 689 g/mol. The molecule has 4 fully saturated rings. The number of ether oxygens (including phenoxy) is 1. The zero-order chi connectivity index (χ0) is 34.4. The predicted octanol–water partition coefficient (Wildman–Crippen LogP) is 4.74. The number of benzene rings is 2. The second kappa shape index (κ2) is 11.5. The Labute approximate surface area is 286 Å². The number of rotatable bonds is 6. The van der Waals surface area contributed by atoms with Gasteiger partial charge in [-0.1, -0.05) is 25.3 Å². The van der Waals surface area contributed by atoms with E-state index >= 15 is 0 Å². The van der Waals surface area contributed by atoms with E-state index in [1.165, 1.54) is 31.0 Å². The number of piperazine rings is 1. The molecular weight excluding hydrogens is 646 g/mol. The van der Waals surface area contributed by atoms with Crippen molar-refractivity contribution in [2.24, 2.45) is 5.41 Å². The van der Waals surface area contributed by atoms with Crippen LogP contribution in [0.5, 0.6) is 5.75 Å². The Morgan fingerprint density at radius 3 is 2.35 bits per heavy atom. The van der Waals surface area contributed by atoms with Crippen LogP contribution in [-0.4, -0.2) is 96.5 Å². The molecule has 2 aliphatic carbocycles. The molecule has 4 heterocycles. The summed E-state index contributed by atoms with van der Waals surface area (Å²) in [7, 11) is 0.373. The van der Waals surface area contributed by atoms with Gasteiger partial charge < -0.3 is 19.3 Å². The standard InChI is InChI=1S/C36H43N5O7S/c1-38(2)49(46,47)37-33(42)22-9-13-27-30(15-22)40-20-36(34(43)39-18-23-10-11-24(19-39)41(23)35(44)45)17-29(36)28-16-25(48-3)12-14-26(28)32(40)31(27)21-7-5-4-6-8-21/h9,12-16,21,23-24,29H,4-8,10-11,17-20H2,1-3H3,(H,37,42)(H,44,45). The number of likely N-dealkylation sites (tertiary alicyclic amines) is 1. The van der Waals surface area contributed by atoms with Crippen molar-refractivity contribution in [1.29, 1.82) is 0 Å². The van der Waals surface area contributed by atoms with Crippen molar-refractivity contribution in [1.82, 2.24) is 23.4 Å². The highest BCUT2D eigenvalue weighted by molar-refractivity contribution is 7.87. The second-order valence-electron chi connectivity index (χ2n) is 14.8. The zero-order valence-corrected chi connectivity index (χ0v) is 29.0. The van der Waals surface area contributed by atoms with E-state index in [1.54, 1.807) is 19.2 Å². The topological polar surface area (TPSA) is 141 Å². The number of amides is 3. The molecule has 0 spiro atoms. The van der Waals surface area contributed by atoms with Gasteiger partial charge in [0.2, 0.25) is 5.91 Å². The van der Waals surface area contributed by atoms with Crippen LogP contribution in [0.25, 0.3) is 22.2 Å². The molecule has 2 aromatic carbocycles. The van der Waals surface area contributed by atoms with Gasteiger partial charge in [-0.3, -0.25) is 14.5 Å². The lowest BCUT2D eigenvalue weighted by atomic mass is 9.81. The number of hydrogen-bond donors (Lipinski definition) is 2. The highest BCUT2D eigenvalue weighted by Crippen LogP contribution is 2.66. The highest BCUT2D eigenvalue weighted by Gasteiger charge is 2.64. The Morgan fingerprint density at radius 1 is 0.980 bits per heavy atom. The van der Waals surface area contributed by atoms with Gasteiger partial charge in [0.1, 0.15) is 5.75 Å². The van der Waals surface area contributed by atoms with Gasteiger partial charge in [0.25, 0.3) is 5.91 Å². The molecule has 3 aliphatic heterocycles. The van der Waals surface area contributed by atoms with Crippen LogP contribution in [0.15, 0.2) is 36.4 Å². The summed E-state index contributed by atoms with van der Waals surface area (Å²) in [5.74, 6) is 0.312. The smallest absolute Gasteiger partial charge is 0.407 e. The van der Waals surface area contributed by atoms with Crippen LogP contribution in [0, 0.1) is 5.41 Å². The van der Waals surface area contributed by atoms with Crippen molar-refractivity contribution in [2.45, 2.75) is 81.8 Å². The van der Waals surface area contributed by atoms with Crippen molar-refractivity contribution >= 4 is 39.0 Å². The first-order valence-electron chi connectivity index (χ1n) is 17.3. The molecule has 2 saturated carbocycles. The van der Waals surface area contributed by atoms with E-state index in [2.05, 4.69) is 21.4 Å². The van der Waals surface area contributed by atoms with Gasteiger partial charge in [-0.05, 0) is 79.5 Å². The fourth-order valence-corrected chi connectivity index (χ4v) is 9.92.